The zero-order valence-electron chi connectivity index (χ0n) is 15.8. The van der Waals surface area contributed by atoms with Gasteiger partial charge in [-0.25, -0.2) is 15.0 Å². The molecule has 1 fully saturated rings. The van der Waals surface area contributed by atoms with Crippen molar-refractivity contribution < 1.29 is 4.79 Å². The highest BCUT2D eigenvalue weighted by Crippen LogP contribution is 2.22. The standard InChI is InChI=1S/C20H22N6OS/c1-15-18(28-17(24-15)7-6-16-5-2-3-8-21-16)19(27)25-11-13-26(14-12-25)20-22-9-4-10-23-20/h2-5,8-10H,6-7,11-14H2,1H3. The molecule has 1 amide bonds. The van der Waals surface area contributed by atoms with Crippen molar-refractivity contribution in [1.82, 2.24) is 24.8 Å². The van der Waals surface area contributed by atoms with Crippen LogP contribution in [0.1, 0.15) is 26.1 Å². The number of carbonyl (C=O) groups is 1. The zero-order valence-corrected chi connectivity index (χ0v) is 16.6. The number of carbonyl (C=O) groups excluding carboxylic acids is 1. The lowest BCUT2D eigenvalue weighted by Gasteiger charge is -2.34. The van der Waals surface area contributed by atoms with Gasteiger partial charge in [0, 0.05) is 56.9 Å². The van der Waals surface area contributed by atoms with E-state index >= 15 is 0 Å². The number of hydrogen-bond acceptors (Lipinski definition) is 7. The topological polar surface area (TPSA) is 75.1 Å². The summed E-state index contributed by atoms with van der Waals surface area (Å²) in [7, 11) is 0. The van der Waals surface area contributed by atoms with E-state index < -0.39 is 0 Å². The highest BCUT2D eigenvalue weighted by molar-refractivity contribution is 7.13. The van der Waals surface area contributed by atoms with Crippen LogP contribution in [0.3, 0.4) is 0 Å². The second-order valence-electron chi connectivity index (χ2n) is 6.67. The molecule has 0 aliphatic carbocycles. The van der Waals surface area contributed by atoms with E-state index in [1.54, 1.807) is 24.7 Å². The lowest BCUT2D eigenvalue weighted by Crippen LogP contribution is -2.49. The Morgan fingerprint density at radius 1 is 1.00 bits per heavy atom. The Bertz CT molecular complexity index is 922. The first-order valence-corrected chi connectivity index (χ1v) is 10.2. The highest BCUT2D eigenvalue weighted by atomic mass is 32.1. The Labute approximate surface area is 168 Å². The van der Waals surface area contributed by atoms with Crippen LogP contribution in [-0.4, -0.2) is 56.9 Å². The summed E-state index contributed by atoms with van der Waals surface area (Å²) in [6, 6.07) is 7.73. The highest BCUT2D eigenvalue weighted by Gasteiger charge is 2.26. The minimum atomic E-state index is 0.0766. The maximum Gasteiger partial charge on any atom is 0.265 e. The third-order valence-electron chi connectivity index (χ3n) is 4.76. The molecule has 1 saturated heterocycles. The second kappa shape index (κ2) is 8.43. The van der Waals surface area contributed by atoms with E-state index in [4.69, 9.17) is 0 Å². The number of nitrogens with zero attached hydrogens (tertiary/aromatic N) is 6. The van der Waals surface area contributed by atoms with Gasteiger partial charge in [-0.2, -0.15) is 0 Å². The van der Waals surface area contributed by atoms with Crippen LogP contribution in [0.4, 0.5) is 5.95 Å². The summed E-state index contributed by atoms with van der Waals surface area (Å²) >= 11 is 1.51. The van der Waals surface area contributed by atoms with E-state index in [1.807, 2.05) is 30.0 Å². The quantitative estimate of drug-likeness (QED) is 0.661. The molecule has 144 valence electrons. The number of aromatic nitrogens is 4. The van der Waals surface area contributed by atoms with Gasteiger partial charge < -0.3 is 9.80 Å². The molecular weight excluding hydrogens is 372 g/mol. The third kappa shape index (κ3) is 4.17. The average molecular weight is 395 g/mol. The first-order valence-electron chi connectivity index (χ1n) is 9.38. The van der Waals surface area contributed by atoms with Crippen molar-refractivity contribution in [2.24, 2.45) is 0 Å². The SMILES string of the molecule is Cc1nc(CCc2ccccn2)sc1C(=O)N1CCN(c2ncccn2)CC1. The Balaban J connectivity index is 1.37. The molecule has 4 rings (SSSR count). The molecule has 0 N–H and O–H groups in total. The van der Waals surface area contributed by atoms with E-state index in [0.29, 0.717) is 13.1 Å². The maximum absolute atomic E-state index is 13.0. The van der Waals surface area contributed by atoms with E-state index in [1.165, 1.54) is 11.3 Å². The molecule has 0 radical (unpaired) electrons. The largest absolute Gasteiger partial charge is 0.337 e. The predicted molar refractivity (Wildman–Crippen MR) is 109 cm³/mol. The van der Waals surface area contributed by atoms with Gasteiger partial charge in [0.05, 0.1) is 10.7 Å². The fourth-order valence-electron chi connectivity index (χ4n) is 3.25. The Morgan fingerprint density at radius 2 is 1.75 bits per heavy atom. The molecule has 3 aromatic heterocycles. The molecule has 1 aliphatic heterocycles. The molecule has 0 atom stereocenters. The van der Waals surface area contributed by atoms with Gasteiger partial charge in [-0.3, -0.25) is 9.78 Å². The number of hydrogen-bond donors (Lipinski definition) is 0. The molecule has 28 heavy (non-hydrogen) atoms. The number of thiazole rings is 1. The molecule has 3 aromatic rings. The number of aryl methyl sites for hydroxylation is 3. The van der Waals surface area contributed by atoms with Crippen LogP contribution in [0.2, 0.25) is 0 Å². The smallest absolute Gasteiger partial charge is 0.265 e. The van der Waals surface area contributed by atoms with Crippen LogP contribution in [0.5, 0.6) is 0 Å². The van der Waals surface area contributed by atoms with Crippen molar-refractivity contribution in [3.05, 3.63) is 64.1 Å². The normalized spacial score (nSPS) is 14.3. The van der Waals surface area contributed by atoms with E-state index in [0.717, 1.165) is 53.2 Å². The van der Waals surface area contributed by atoms with Gasteiger partial charge in [-0.1, -0.05) is 6.07 Å². The minimum Gasteiger partial charge on any atom is -0.337 e. The van der Waals surface area contributed by atoms with Crippen LogP contribution in [0, 0.1) is 6.92 Å². The number of piperazine rings is 1. The zero-order chi connectivity index (χ0) is 19.3. The summed E-state index contributed by atoms with van der Waals surface area (Å²) in [5.74, 6) is 0.799. The Morgan fingerprint density at radius 3 is 2.46 bits per heavy atom. The van der Waals surface area contributed by atoms with Crippen molar-refractivity contribution in [2.75, 3.05) is 31.1 Å². The molecule has 0 spiro atoms. The van der Waals surface area contributed by atoms with Gasteiger partial charge in [-0.15, -0.1) is 11.3 Å². The van der Waals surface area contributed by atoms with Gasteiger partial charge in [-0.05, 0) is 31.5 Å². The molecule has 0 unspecified atom stereocenters. The molecular formula is C20H22N6OS. The lowest BCUT2D eigenvalue weighted by molar-refractivity contribution is 0.0750. The van der Waals surface area contributed by atoms with Crippen LogP contribution in [-0.2, 0) is 12.8 Å². The molecule has 1 aliphatic rings. The minimum absolute atomic E-state index is 0.0766. The summed E-state index contributed by atoms with van der Waals surface area (Å²) in [6.07, 6.45) is 6.92. The van der Waals surface area contributed by atoms with Crippen molar-refractivity contribution in [3.63, 3.8) is 0 Å². The molecule has 0 aromatic carbocycles. The van der Waals surface area contributed by atoms with Crippen molar-refractivity contribution in [3.8, 4) is 0 Å². The molecule has 7 nitrogen and oxygen atoms in total. The predicted octanol–water partition coefficient (Wildman–Crippen LogP) is 2.38. The molecule has 0 bridgehead atoms. The summed E-state index contributed by atoms with van der Waals surface area (Å²) < 4.78 is 0. The molecule has 8 heteroatoms. The van der Waals surface area contributed by atoms with Gasteiger partial charge in [0.2, 0.25) is 5.95 Å². The van der Waals surface area contributed by atoms with Gasteiger partial charge in [0.15, 0.2) is 0 Å². The van der Waals surface area contributed by atoms with Crippen LogP contribution < -0.4 is 4.90 Å². The van der Waals surface area contributed by atoms with E-state index in [9.17, 15) is 4.79 Å². The average Bonchev–Trinajstić information content (AvgIpc) is 3.14. The third-order valence-corrected chi connectivity index (χ3v) is 5.96. The van der Waals surface area contributed by atoms with Crippen LogP contribution in [0.15, 0.2) is 42.9 Å². The van der Waals surface area contributed by atoms with Gasteiger partial charge in [0.25, 0.3) is 5.91 Å². The first-order chi connectivity index (χ1) is 13.7. The number of pyridine rings is 1. The number of amides is 1. The lowest BCUT2D eigenvalue weighted by atomic mass is 10.2. The van der Waals surface area contributed by atoms with E-state index in [2.05, 4.69) is 24.8 Å². The van der Waals surface area contributed by atoms with Crippen molar-refractivity contribution in [1.29, 1.82) is 0 Å². The number of anilines is 1. The maximum atomic E-state index is 13.0. The van der Waals surface area contributed by atoms with Gasteiger partial charge >= 0.3 is 0 Å². The first kappa shape index (κ1) is 18.5. The second-order valence-corrected chi connectivity index (χ2v) is 7.75. The summed E-state index contributed by atoms with van der Waals surface area (Å²) in [6.45, 7) is 4.72. The van der Waals surface area contributed by atoms with Crippen LogP contribution >= 0.6 is 11.3 Å². The summed E-state index contributed by atoms with van der Waals surface area (Å²) in [4.78, 5) is 35.3. The Hall–Kier alpha value is -2.87. The fourth-order valence-corrected chi connectivity index (χ4v) is 4.28. The number of rotatable bonds is 5. The van der Waals surface area contributed by atoms with Crippen molar-refractivity contribution >= 4 is 23.2 Å². The van der Waals surface area contributed by atoms with E-state index in [-0.39, 0.29) is 5.91 Å². The van der Waals surface area contributed by atoms with Crippen molar-refractivity contribution in [2.45, 2.75) is 19.8 Å². The molecule has 4 heterocycles. The Kier molecular flexibility index (Phi) is 5.57. The monoisotopic (exact) mass is 394 g/mol. The molecule has 0 saturated carbocycles. The van der Waals surface area contributed by atoms with Crippen LogP contribution in [0.25, 0.3) is 0 Å². The summed E-state index contributed by atoms with van der Waals surface area (Å²) in [5, 5.41) is 0.989. The van der Waals surface area contributed by atoms with Gasteiger partial charge in [0.1, 0.15) is 4.88 Å². The summed E-state index contributed by atoms with van der Waals surface area (Å²) in [5.41, 5.74) is 1.86. The fraction of sp³-hybridized carbons (Fsp3) is 0.350.